The predicted octanol–water partition coefficient (Wildman–Crippen LogP) is 17.3. The zero-order valence-corrected chi connectivity index (χ0v) is 40.2. The van der Waals surface area contributed by atoms with Crippen molar-refractivity contribution in [1.82, 2.24) is 19.5 Å². The van der Waals surface area contributed by atoms with Crippen LogP contribution in [0.1, 0.15) is 22.3 Å². The minimum absolute atomic E-state index is 0.543. The highest BCUT2D eigenvalue weighted by Crippen LogP contribution is 2.63. The molecule has 2 aliphatic rings. The molecule has 0 unspecified atom stereocenters. The Hall–Kier alpha value is -9.77. The second kappa shape index (κ2) is 16.7. The summed E-state index contributed by atoms with van der Waals surface area (Å²) in [6.07, 6.45) is 0. The van der Waals surface area contributed by atoms with Crippen molar-refractivity contribution in [3.05, 3.63) is 289 Å². The molecule has 4 heteroatoms. The van der Waals surface area contributed by atoms with Gasteiger partial charge in [-0.25, -0.2) is 4.98 Å². The van der Waals surface area contributed by atoms with Crippen molar-refractivity contribution in [2.75, 3.05) is 0 Å². The molecule has 4 nitrogen and oxygen atoms in total. The highest BCUT2D eigenvalue weighted by molar-refractivity contribution is 6.18. The van der Waals surface area contributed by atoms with Crippen LogP contribution in [0.4, 0.5) is 0 Å². The van der Waals surface area contributed by atoms with Crippen LogP contribution in [0.15, 0.2) is 267 Å². The molecule has 11 aromatic carbocycles. The molecule has 0 aliphatic heterocycles. The monoisotopic (exact) mass is 940 g/mol. The van der Waals surface area contributed by atoms with E-state index in [-0.39, 0.29) is 0 Å². The zero-order chi connectivity index (χ0) is 48.7. The third-order valence-corrected chi connectivity index (χ3v) is 15.5. The number of rotatable bonds is 7. The number of fused-ring (bicyclic) bond motifs is 13. The molecule has 15 rings (SSSR count). The number of benzene rings is 11. The molecule has 0 radical (unpaired) electrons. The number of hydrogen-bond acceptors (Lipinski definition) is 3. The van der Waals surface area contributed by atoms with Crippen LogP contribution in [0, 0.1) is 0 Å². The quantitative estimate of drug-likeness (QED) is 0.160. The van der Waals surface area contributed by atoms with Gasteiger partial charge in [-0.2, -0.15) is 9.97 Å². The molecule has 13 aromatic rings. The van der Waals surface area contributed by atoms with E-state index in [1.807, 2.05) is 0 Å². The third kappa shape index (κ3) is 6.38. The fraction of sp³-hybridized carbons (Fsp3) is 0.0143. The molecule has 2 heterocycles. The summed E-state index contributed by atoms with van der Waals surface area (Å²) in [5.41, 5.74) is 22.4. The summed E-state index contributed by atoms with van der Waals surface area (Å²) in [5, 5.41) is 2.27. The van der Waals surface area contributed by atoms with Crippen molar-refractivity contribution in [2.24, 2.45) is 0 Å². The summed E-state index contributed by atoms with van der Waals surface area (Å²) < 4.78 is 2.34. The van der Waals surface area contributed by atoms with Crippen molar-refractivity contribution in [3.63, 3.8) is 0 Å². The Morgan fingerprint density at radius 3 is 1.19 bits per heavy atom. The van der Waals surface area contributed by atoms with Gasteiger partial charge in [-0.3, -0.25) is 4.57 Å². The van der Waals surface area contributed by atoms with Crippen molar-refractivity contribution in [3.8, 4) is 95.5 Å². The molecule has 0 N–H and O–H groups in total. The second-order valence-electron chi connectivity index (χ2n) is 19.5. The van der Waals surface area contributed by atoms with Crippen LogP contribution in [-0.4, -0.2) is 19.5 Å². The Morgan fingerprint density at radius 2 is 0.676 bits per heavy atom. The normalized spacial score (nSPS) is 12.7. The van der Waals surface area contributed by atoms with Gasteiger partial charge in [-0.15, -0.1) is 0 Å². The lowest BCUT2D eigenvalue weighted by Gasteiger charge is -2.30. The van der Waals surface area contributed by atoms with E-state index < -0.39 is 5.41 Å². The molecule has 2 aliphatic carbocycles. The fourth-order valence-corrected chi connectivity index (χ4v) is 12.2. The van der Waals surface area contributed by atoms with E-state index in [4.69, 9.17) is 15.0 Å². The smallest absolute Gasteiger partial charge is 0.238 e. The largest absolute Gasteiger partial charge is 0.278 e. The van der Waals surface area contributed by atoms with E-state index in [1.54, 1.807) is 0 Å². The maximum Gasteiger partial charge on any atom is 0.238 e. The summed E-state index contributed by atoms with van der Waals surface area (Å²) in [6, 6.07) is 96.5. The molecule has 0 fully saturated rings. The Morgan fingerprint density at radius 1 is 0.257 bits per heavy atom. The molecular formula is C70H44N4. The molecular weight excluding hydrogens is 897 g/mol. The van der Waals surface area contributed by atoms with Crippen LogP contribution >= 0.6 is 0 Å². The van der Waals surface area contributed by atoms with Gasteiger partial charge in [0.25, 0.3) is 0 Å². The topological polar surface area (TPSA) is 43.6 Å². The van der Waals surface area contributed by atoms with E-state index in [0.717, 1.165) is 77.4 Å². The van der Waals surface area contributed by atoms with Gasteiger partial charge in [0.1, 0.15) is 0 Å². The Bertz CT molecular complexity index is 4200. The van der Waals surface area contributed by atoms with E-state index in [1.165, 1.54) is 44.5 Å². The van der Waals surface area contributed by atoms with E-state index in [0.29, 0.717) is 17.6 Å². The van der Waals surface area contributed by atoms with Crippen molar-refractivity contribution in [2.45, 2.75) is 5.41 Å². The molecule has 0 saturated carbocycles. The van der Waals surface area contributed by atoms with Crippen LogP contribution in [-0.2, 0) is 5.41 Å². The standard InChI is InChI=1S/C70H44N4/c1-5-21-45(22-6-1)49-29-19-31-51(39-49)67-71-68(52-32-20-30-50(40-52)46-23-7-2-8-24-46)73-69(72-67)74-64-44-63-58(56-35-15-18-38-62(56)70(63)60-36-16-13-33-54(60)55-34-14-17-37-61(55)70)43-59(64)66-57(48-27-11-4-12-28-48)41-53(42-65(66)74)47-25-9-3-10-26-47/h1-44H. The van der Waals surface area contributed by atoms with Gasteiger partial charge in [-0.05, 0) is 125 Å². The van der Waals surface area contributed by atoms with Crippen molar-refractivity contribution < 1.29 is 0 Å². The van der Waals surface area contributed by atoms with Crippen molar-refractivity contribution in [1.29, 1.82) is 0 Å². The maximum absolute atomic E-state index is 5.63. The molecule has 0 saturated heterocycles. The minimum Gasteiger partial charge on any atom is -0.278 e. The molecule has 2 aromatic heterocycles. The summed E-state index contributed by atoms with van der Waals surface area (Å²) in [6.45, 7) is 0. The van der Waals surface area contributed by atoms with Crippen LogP contribution < -0.4 is 0 Å². The van der Waals surface area contributed by atoms with Gasteiger partial charge in [0.15, 0.2) is 11.6 Å². The van der Waals surface area contributed by atoms with Crippen LogP contribution in [0.25, 0.3) is 117 Å². The Kier molecular flexibility index (Phi) is 9.45. The Labute approximate surface area is 429 Å². The average molecular weight is 941 g/mol. The van der Waals surface area contributed by atoms with E-state index >= 15 is 0 Å². The number of aromatic nitrogens is 4. The summed E-state index contributed by atoms with van der Waals surface area (Å²) in [4.78, 5) is 16.7. The van der Waals surface area contributed by atoms with Gasteiger partial charge in [-0.1, -0.05) is 231 Å². The first-order valence-electron chi connectivity index (χ1n) is 25.3. The van der Waals surface area contributed by atoms with Crippen LogP contribution in [0.3, 0.4) is 0 Å². The first-order valence-corrected chi connectivity index (χ1v) is 25.3. The van der Waals surface area contributed by atoms with Crippen LogP contribution in [0.2, 0.25) is 0 Å². The van der Waals surface area contributed by atoms with Gasteiger partial charge in [0.05, 0.1) is 16.4 Å². The van der Waals surface area contributed by atoms with Gasteiger partial charge < -0.3 is 0 Å². The SMILES string of the molecule is c1ccc(-c2cccc(-c3nc(-c4cccc(-c5ccccc5)c4)nc(-n4c5cc6c(cc5c5c(-c7ccccc7)cc(-c7ccccc7)cc54)-c4ccccc4C64c5ccccc5-c5ccccc54)n3)c2)cc1. The van der Waals surface area contributed by atoms with Gasteiger partial charge in [0.2, 0.25) is 5.95 Å². The Balaban J connectivity index is 1.09. The highest BCUT2D eigenvalue weighted by atomic mass is 15.2. The van der Waals surface area contributed by atoms with Gasteiger partial charge >= 0.3 is 0 Å². The highest BCUT2D eigenvalue weighted by Gasteiger charge is 2.52. The van der Waals surface area contributed by atoms with Crippen molar-refractivity contribution >= 4 is 21.8 Å². The zero-order valence-electron chi connectivity index (χ0n) is 40.2. The maximum atomic E-state index is 5.63. The minimum atomic E-state index is -0.558. The lowest BCUT2D eigenvalue weighted by Crippen LogP contribution is -2.25. The summed E-state index contributed by atoms with van der Waals surface area (Å²) in [7, 11) is 0. The number of nitrogens with zero attached hydrogens (tertiary/aromatic N) is 4. The molecule has 1 spiro atoms. The fourth-order valence-electron chi connectivity index (χ4n) is 12.2. The predicted molar refractivity (Wildman–Crippen MR) is 303 cm³/mol. The molecule has 344 valence electrons. The first-order chi connectivity index (χ1) is 36.7. The summed E-state index contributed by atoms with van der Waals surface area (Å²) >= 11 is 0. The average Bonchev–Trinajstić information content (AvgIpc) is 4.16. The van der Waals surface area contributed by atoms with Gasteiger partial charge in [0, 0.05) is 21.9 Å². The third-order valence-electron chi connectivity index (χ3n) is 15.5. The molecule has 0 bridgehead atoms. The van der Waals surface area contributed by atoms with E-state index in [2.05, 4.69) is 271 Å². The lowest BCUT2D eigenvalue weighted by molar-refractivity contribution is 0.794. The lowest BCUT2D eigenvalue weighted by atomic mass is 9.70. The molecule has 0 atom stereocenters. The number of hydrogen-bond donors (Lipinski definition) is 0. The first kappa shape index (κ1) is 42.0. The van der Waals surface area contributed by atoms with E-state index in [9.17, 15) is 0 Å². The van der Waals surface area contributed by atoms with Crippen LogP contribution in [0.5, 0.6) is 0 Å². The molecule has 0 amide bonds. The second-order valence-corrected chi connectivity index (χ2v) is 19.5. The summed E-state index contributed by atoms with van der Waals surface area (Å²) in [5.74, 6) is 1.73. The molecule has 74 heavy (non-hydrogen) atoms.